The molecule has 0 saturated carbocycles. The number of pyridine rings is 1. The molecule has 13 heteroatoms. The molecule has 0 spiro atoms. The molecule has 2 amide bonds. The van der Waals surface area contributed by atoms with Crippen LogP contribution in [0.2, 0.25) is 5.02 Å². The Labute approximate surface area is 266 Å². The molecule has 0 bridgehead atoms. The molecule has 4 atom stereocenters. The minimum atomic E-state index is -4.79. The van der Waals surface area contributed by atoms with Crippen LogP contribution in [0.3, 0.4) is 0 Å². The van der Waals surface area contributed by atoms with E-state index in [0.29, 0.717) is 22.8 Å². The van der Waals surface area contributed by atoms with Gasteiger partial charge in [-0.1, -0.05) is 41.5 Å². The van der Waals surface area contributed by atoms with Crippen LogP contribution in [0.5, 0.6) is 11.5 Å². The Morgan fingerprint density at radius 1 is 1.11 bits per heavy atom. The van der Waals surface area contributed by atoms with Crippen LogP contribution >= 0.6 is 11.6 Å². The summed E-state index contributed by atoms with van der Waals surface area (Å²) in [4.78, 5) is 58.1. The summed E-state index contributed by atoms with van der Waals surface area (Å²) in [5, 5.41) is 11.5. The summed E-state index contributed by atoms with van der Waals surface area (Å²) in [6, 6.07) is 6.41. The van der Waals surface area contributed by atoms with Crippen molar-refractivity contribution in [2.45, 2.75) is 25.9 Å². The van der Waals surface area contributed by atoms with E-state index < -0.39 is 53.2 Å². The van der Waals surface area contributed by atoms with Crippen LogP contribution < -0.4 is 9.75 Å². The molecule has 9 nitrogen and oxygen atoms in total. The zero-order valence-electron chi connectivity index (χ0n) is 24.8. The third kappa shape index (κ3) is 5.00. The van der Waals surface area contributed by atoms with E-state index in [1.54, 1.807) is 31.2 Å². The van der Waals surface area contributed by atoms with Crippen LogP contribution in [0.15, 0.2) is 70.9 Å². The molecule has 0 radical (unpaired) electrons. The van der Waals surface area contributed by atoms with Crippen molar-refractivity contribution < 1.29 is 42.2 Å². The summed E-state index contributed by atoms with van der Waals surface area (Å²) in [6.45, 7) is 1.56. The number of aromatic hydroxyl groups is 1. The Hall–Kier alpha value is -4.71. The van der Waals surface area contributed by atoms with Gasteiger partial charge in [0.2, 0.25) is 0 Å². The summed E-state index contributed by atoms with van der Waals surface area (Å²) < 4.78 is 45.5. The van der Waals surface area contributed by atoms with E-state index in [4.69, 9.17) is 16.3 Å². The molecule has 6 rings (SSSR count). The van der Waals surface area contributed by atoms with Crippen LogP contribution in [-0.4, -0.2) is 52.6 Å². The van der Waals surface area contributed by atoms with Gasteiger partial charge >= 0.3 is 6.18 Å². The predicted molar refractivity (Wildman–Crippen MR) is 160 cm³/mol. The average molecular weight is 654 g/mol. The SMILES string of the molecule is COc1cc(C=CC2C3=CCC4C(=O)N(N(C)c5nc(C(F)(F)F)ccc5Cl)C(=O)C4C3CC3=C2C(=O)C(C)=CC3=O)ccc1O. The second-order valence-electron chi connectivity index (χ2n) is 11.6. The number of fused-ring (bicyclic) bond motifs is 3. The number of halogens is 4. The van der Waals surface area contributed by atoms with Gasteiger partial charge in [0.1, 0.15) is 5.69 Å². The molecule has 238 valence electrons. The summed E-state index contributed by atoms with van der Waals surface area (Å²) in [5.74, 6) is -5.35. The summed E-state index contributed by atoms with van der Waals surface area (Å²) in [6.07, 6.45) is 1.94. The standard InChI is InChI=1S/C33H27ClF3N3O6/c1-15-12-24(42)21-14-20-17(18(27(21)29(15)43)6-4-16-5-10-23(41)25(13-16)46-3)7-8-19-28(20)32(45)40(31(19)44)39(2)30-22(34)9-11-26(38-30)33(35,36)37/h4-7,9-13,18-20,28,41H,8,14H2,1-3H3. The van der Waals surface area contributed by atoms with Gasteiger partial charge in [-0.3, -0.25) is 24.2 Å². The van der Waals surface area contributed by atoms with Gasteiger partial charge in [-0.05, 0) is 61.6 Å². The Morgan fingerprint density at radius 2 is 1.85 bits per heavy atom. The Kier molecular flexibility index (Phi) is 7.66. The molecule has 4 unspecified atom stereocenters. The molecule has 3 aliphatic carbocycles. The van der Waals surface area contributed by atoms with Crippen LogP contribution in [0.1, 0.15) is 31.0 Å². The second-order valence-corrected chi connectivity index (χ2v) is 12.0. The van der Waals surface area contributed by atoms with E-state index in [1.807, 2.05) is 6.08 Å². The van der Waals surface area contributed by atoms with Crippen LogP contribution in [0.25, 0.3) is 6.08 Å². The average Bonchev–Trinajstić information content (AvgIpc) is 3.27. The van der Waals surface area contributed by atoms with Crippen molar-refractivity contribution in [3.8, 4) is 11.5 Å². The lowest BCUT2D eigenvalue weighted by Gasteiger charge is -2.41. The highest BCUT2D eigenvalue weighted by Crippen LogP contribution is 2.53. The molecule has 46 heavy (non-hydrogen) atoms. The number of rotatable bonds is 5. The number of aromatic nitrogens is 1. The van der Waals surface area contributed by atoms with E-state index in [1.165, 1.54) is 26.3 Å². The first-order valence-corrected chi connectivity index (χ1v) is 14.7. The van der Waals surface area contributed by atoms with E-state index >= 15 is 0 Å². The minimum Gasteiger partial charge on any atom is -0.504 e. The molecule has 1 saturated heterocycles. The number of carbonyl (C=O) groups is 4. The van der Waals surface area contributed by atoms with Gasteiger partial charge in [0, 0.05) is 29.7 Å². The van der Waals surface area contributed by atoms with Crippen molar-refractivity contribution in [3.05, 3.63) is 87.1 Å². The number of hydrogen-bond acceptors (Lipinski definition) is 8. The molecule has 1 fully saturated rings. The third-order valence-corrected chi connectivity index (χ3v) is 9.29. The van der Waals surface area contributed by atoms with E-state index in [0.717, 1.165) is 16.1 Å². The summed E-state index contributed by atoms with van der Waals surface area (Å²) >= 11 is 6.19. The van der Waals surface area contributed by atoms with E-state index in [-0.39, 0.29) is 52.1 Å². The summed E-state index contributed by atoms with van der Waals surface area (Å²) in [7, 11) is 2.65. The highest BCUT2D eigenvalue weighted by molar-refractivity contribution is 6.33. The van der Waals surface area contributed by atoms with Crippen molar-refractivity contribution in [1.82, 2.24) is 9.99 Å². The number of Topliss-reactive ketones (excluding diaryl/α,β-unsaturated/α-hetero) is 1. The lowest BCUT2D eigenvalue weighted by Crippen LogP contribution is -2.46. The van der Waals surface area contributed by atoms with Crippen molar-refractivity contribution in [2.24, 2.45) is 23.7 Å². The molecule has 2 aromatic rings. The fourth-order valence-electron chi connectivity index (χ4n) is 6.83. The highest BCUT2D eigenvalue weighted by Gasteiger charge is 2.57. The summed E-state index contributed by atoms with van der Waals surface area (Å²) in [5.41, 5.74) is 0.936. The molecule has 2 heterocycles. The number of ether oxygens (including phenoxy) is 1. The van der Waals surface area contributed by atoms with Gasteiger partial charge in [0.05, 0.1) is 24.0 Å². The number of imide groups is 1. The Bertz CT molecular complexity index is 1850. The number of ketones is 2. The van der Waals surface area contributed by atoms with E-state index in [9.17, 15) is 37.5 Å². The number of alkyl halides is 3. The smallest absolute Gasteiger partial charge is 0.433 e. The largest absolute Gasteiger partial charge is 0.504 e. The molecular formula is C33H27ClF3N3O6. The number of hydrogen-bond donors (Lipinski definition) is 1. The highest BCUT2D eigenvalue weighted by atomic mass is 35.5. The molecule has 1 aromatic heterocycles. The van der Waals surface area contributed by atoms with Crippen molar-refractivity contribution in [1.29, 1.82) is 0 Å². The first-order chi connectivity index (χ1) is 21.7. The first kappa shape index (κ1) is 31.3. The molecule has 4 aliphatic rings. The number of phenolic OH excluding ortho intramolecular Hbond substituents is 1. The number of amides is 2. The lowest BCUT2D eigenvalue weighted by molar-refractivity contribution is -0.141. The maximum absolute atomic E-state index is 14.1. The number of phenols is 1. The van der Waals surface area contributed by atoms with Gasteiger partial charge in [-0.2, -0.15) is 18.2 Å². The predicted octanol–water partition coefficient (Wildman–Crippen LogP) is 5.49. The maximum Gasteiger partial charge on any atom is 0.433 e. The van der Waals surface area contributed by atoms with Gasteiger partial charge in [0.15, 0.2) is 28.9 Å². The van der Waals surface area contributed by atoms with Gasteiger partial charge < -0.3 is 9.84 Å². The second kappa shape index (κ2) is 11.3. The van der Waals surface area contributed by atoms with Crippen LogP contribution in [-0.2, 0) is 25.4 Å². The lowest BCUT2D eigenvalue weighted by atomic mass is 9.60. The molecular weight excluding hydrogens is 627 g/mol. The van der Waals surface area contributed by atoms with Crippen molar-refractivity contribution in [3.63, 3.8) is 0 Å². The zero-order chi connectivity index (χ0) is 33.2. The number of carbonyl (C=O) groups excluding carboxylic acids is 4. The number of benzene rings is 1. The van der Waals surface area contributed by atoms with Gasteiger partial charge in [-0.15, -0.1) is 0 Å². The minimum absolute atomic E-state index is 0.0349. The molecule has 1 N–H and O–H groups in total. The molecule has 1 aliphatic heterocycles. The van der Waals surface area contributed by atoms with Crippen LogP contribution in [0, 0.1) is 23.7 Å². The quantitative estimate of drug-likeness (QED) is 0.256. The Morgan fingerprint density at radius 3 is 2.54 bits per heavy atom. The first-order valence-electron chi connectivity index (χ1n) is 14.3. The topological polar surface area (TPSA) is 117 Å². The number of anilines is 1. The van der Waals surface area contributed by atoms with Gasteiger partial charge in [-0.25, -0.2) is 4.98 Å². The number of nitrogens with zero attached hydrogens (tertiary/aromatic N) is 3. The number of hydrazine groups is 1. The maximum atomic E-state index is 14.1. The normalized spacial score (nSPS) is 24.5. The number of allylic oxidation sites excluding steroid dienone is 7. The fourth-order valence-corrected chi connectivity index (χ4v) is 7.06. The van der Waals surface area contributed by atoms with Crippen LogP contribution in [0.4, 0.5) is 19.0 Å². The molecule has 1 aromatic carbocycles. The van der Waals surface area contributed by atoms with Crippen molar-refractivity contribution in [2.75, 3.05) is 19.2 Å². The monoisotopic (exact) mass is 653 g/mol. The number of methoxy groups -OCH3 is 1. The zero-order valence-corrected chi connectivity index (χ0v) is 25.5. The fraction of sp³-hybridized carbons (Fsp3) is 0.303. The van der Waals surface area contributed by atoms with E-state index in [2.05, 4.69) is 4.98 Å². The van der Waals surface area contributed by atoms with Crippen molar-refractivity contribution >= 4 is 46.9 Å². The van der Waals surface area contributed by atoms with Gasteiger partial charge in [0.25, 0.3) is 11.8 Å². The Balaban J connectivity index is 1.39. The third-order valence-electron chi connectivity index (χ3n) is 9.00.